The monoisotopic (exact) mass is 544 g/mol. The lowest BCUT2D eigenvalue weighted by Crippen LogP contribution is -2.46. The maximum absolute atomic E-state index is 12.4. The fourth-order valence-electron chi connectivity index (χ4n) is 4.86. The molecule has 1 aromatic heterocycles. The Bertz CT molecular complexity index is 1550. The molecule has 0 saturated carbocycles. The van der Waals surface area contributed by atoms with E-state index in [1.165, 1.54) is 0 Å². The van der Waals surface area contributed by atoms with Gasteiger partial charge in [-0.05, 0) is 66.6 Å². The summed E-state index contributed by atoms with van der Waals surface area (Å²) in [5, 5.41) is 18.1. The molecule has 210 valence electrons. The Morgan fingerprint density at radius 2 is 1.70 bits per heavy atom. The molecule has 9 heteroatoms. The van der Waals surface area contributed by atoms with E-state index in [9.17, 15) is 19.5 Å². The second-order valence-corrected chi connectivity index (χ2v) is 9.83. The van der Waals surface area contributed by atoms with Gasteiger partial charge in [-0.25, -0.2) is 9.78 Å². The number of aliphatic carboxylic acids is 1. The summed E-state index contributed by atoms with van der Waals surface area (Å²) in [6.07, 6.45) is 2.54. The zero-order valence-corrected chi connectivity index (χ0v) is 23.4. The Balaban J connectivity index is 1.52. The third-order valence-corrected chi connectivity index (χ3v) is 6.92. The number of pyridine rings is 1. The quantitative estimate of drug-likeness (QED) is 0.191. The number of carbonyl (C=O) groups is 1. The van der Waals surface area contributed by atoms with E-state index in [1.807, 2.05) is 61.2 Å². The Hall–Kier alpha value is -4.40. The molecule has 0 unspecified atom stereocenters. The molecule has 3 N–H and O–H groups in total. The van der Waals surface area contributed by atoms with E-state index in [1.54, 1.807) is 7.11 Å². The number of fused-ring (bicyclic) bond motifs is 1. The zero-order valence-electron chi connectivity index (χ0n) is 23.4. The van der Waals surface area contributed by atoms with E-state index >= 15 is 0 Å². The van der Waals surface area contributed by atoms with Crippen molar-refractivity contribution >= 4 is 39.6 Å². The van der Waals surface area contributed by atoms with Crippen LogP contribution in [0.3, 0.4) is 0 Å². The highest BCUT2D eigenvalue weighted by Crippen LogP contribution is 2.29. The van der Waals surface area contributed by atoms with Gasteiger partial charge in [-0.3, -0.25) is 9.59 Å². The van der Waals surface area contributed by atoms with E-state index in [0.29, 0.717) is 18.8 Å². The SMILES string of the molecule is CCCN(CCC)c1c(N[C@@H](Cc2ccc(Nc3nc(CC)cc4cc(OC)ccc34)cc2)C(=O)O)c(=O)c1=O. The molecular formula is C31H36N4O5. The van der Waals surface area contributed by atoms with Crippen molar-refractivity contribution in [3.8, 4) is 5.75 Å². The fraction of sp³-hybridized carbons (Fsp3) is 0.355. The topological polar surface area (TPSA) is 121 Å². The molecule has 0 amide bonds. The molecule has 0 bridgehead atoms. The van der Waals surface area contributed by atoms with Crippen molar-refractivity contribution in [2.24, 2.45) is 0 Å². The van der Waals surface area contributed by atoms with Gasteiger partial charge in [0.1, 0.15) is 29.0 Å². The summed E-state index contributed by atoms with van der Waals surface area (Å²) in [6.45, 7) is 7.29. The standard InChI is InChI=1S/C31H36N4O5/c1-5-14-35(15-6-2)27-26(28(36)29(27)37)34-25(31(38)39)16-19-8-10-22(11-9-19)33-30-24-13-12-23(40-4)18-20(24)17-21(7-3)32-30/h8-13,17-18,25,34H,5-7,14-16H2,1-4H3,(H,32,33)(H,38,39)/t25-/m0/s1. The Morgan fingerprint density at radius 3 is 2.30 bits per heavy atom. The number of rotatable bonds is 14. The zero-order chi connectivity index (χ0) is 28.8. The van der Waals surface area contributed by atoms with Crippen LogP contribution in [0.15, 0.2) is 58.1 Å². The number of anilines is 4. The molecule has 9 nitrogen and oxygen atoms in total. The first-order valence-electron chi connectivity index (χ1n) is 13.7. The highest BCUT2D eigenvalue weighted by Gasteiger charge is 2.29. The largest absolute Gasteiger partial charge is 0.497 e. The highest BCUT2D eigenvalue weighted by molar-refractivity contribution is 5.94. The fourth-order valence-corrected chi connectivity index (χ4v) is 4.86. The van der Waals surface area contributed by atoms with Gasteiger partial charge in [0.15, 0.2) is 0 Å². The molecule has 0 aliphatic rings. The minimum Gasteiger partial charge on any atom is -0.497 e. The number of benzene rings is 2. The summed E-state index contributed by atoms with van der Waals surface area (Å²) in [5.74, 6) is 0.407. The van der Waals surface area contributed by atoms with Crippen molar-refractivity contribution in [2.75, 3.05) is 35.7 Å². The predicted molar refractivity (Wildman–Crippen MR) is 160 cm³/mol. The maximum atomic E-state index is 12.4. The summed E-state index contributed by atoms with van der Waals surface area (Å²) >= 11 is 0. The van der Waals surface area contributed by atoms with Crippen LogP contribution in [0.4, 0.5) is 22.9 Å². The van der Waals surface area contributed by atoms with E-state index in [-0.39, 0.29) is 12.1 Å². The average molecular weight is 545 g/mol. The van der Waals surface area contributed by atoms with Crippen molar-refractivity contribution in [1.82, 2.24) is 4.98 Å². The third-order valence-electron chi connectivity index (χ3n) is 6.92. The van der Waals surface area contributed by atoms with Gasteiger partial charge in [0.2, 0.25) is 0 Å². The number of nitrogens with one attached hydrogen (secondary N) is 2. The van der Waals surface area contributed by atoms with Gasteiger partial charge in [0, 0.05) is 36.3 Å². The molecule has 40 heavy (non-hydrogen) atoms. The predicted octanol–water partition coefficient (Wildman–Crippen LogP) is 4.88. The van der Waals surface area contributed by atoms with E-state index in [0.717, 1.165) is 58.5 Å². The van der Waals surface area contributed by atoms with E-state index < -0.39 is 22.9 Å². The number of methoxy groups -OCH3 is 1. The summed E-state index contributed by atoms with van der Waals surface area (Å²) in [7, 11) is 1.64. The summed E-state index contributed by atoms with van der Waals surface area (Å²) < 4.78 is 5.37. The van der Waals surface area contributed by atoms with Gasteiger partial charge in [0.25, 0.3) is 10.9 Å². The van der Waals surface area contributed by atoms with Crippen LogP contribution < -0.4 is 31.1 Å². The van der Waals surface area contributed by atoms with Crippen molar-refractivity contribution in [3.05, 3.63) is 80.2 Å². The van der Waals surface area contributed by atoms with Gasteiger partial charge in [0.05, 0.1) is 7.11 Å². The highest BCUT2D eigenvalue weighted by atomic mass is 16.5. The first-order chi connectivity index (χ1) is 19.3. The normalized spacial score (nSPS) is 11.9. The molecule has 4 aromatic rings. The number of aromatic nitrogens is 1. The molecule has 0 aliphatic heterocycles. The van der Waals surface area contributed by atoms with Gasteiger partial charge < -0.3 is 25.4 Å². The lowest BCUT2D eigenvalue weighted by atomic mass is 10.0. The van der Waals surface area contributed by atoms with Gasteiger partial charge in [-0.1, -0.05) is 32.9 Å². The van der Waals surface area contributed by atoms with Crippen LogP contribution in [0.2, 0.25) is 0 Å². The first kappa shape index (κ1) is 28.6. The Kier molecular flexibility index (Phi) is 9.04. The first-order valence-corrected chi connectivity index (χ1v) is 13.7. The molecule has 0 spiro atoms. The van der Waals surface area contributed by atoms with Crippen molar-refractivity contribution < 1.29 is 14.6 Å². The molecule has 0 fully saturated rings. The lowest BCUT2D eigenvalue weighted by Gasteiger charge is -2.28. The third kappa shape index (κ3) is 6.09. The van der Waals surface area contributed by atoms with Crippen molar-refractivity contribution in [3.63, 3.8) is 0 Å². The Morgan fingerprint density at radius 1 is 1.00 bits per heavy atom. The van der Waals surface area contributed by atoms with Crippen molar-refractivity contribution in [1.29, 1.82) is 0 Å². The summed E-state index contributed by atoms with van der Waals surface area (Å²) in [6, 6.07) is 14.3. The minimum absolute atomic E-state index is 0.1000. The van der Waals surface area contributed by atoms with Crippen LogP contribution in [-0.4, -0.2) is 42.3 Å². The van der Waals surface area contributed by atoms with Crippen LogP contribution in [0.5, 0.6) is 5.75 Å². The van der Waals surface area contributed by atoms with Gasteiger partial charge >= 0.3 is 5.97 Å². The van der Waals surface area contributed by atoms with Crippen LogP contribution in [-0.2, 0) is 17.6 Å². The number of hydrogen-bond donors (Lipinski definition) is 3. The molecule has 1 atom stereocenters. The molecule has 4 rings (SSSR count). The van der Waals surface area contributed by atoms with Gasteiger partial charge in [-0.2, -0.15) is 0 Å². The second-order valence-electron chi connectivity index (χ2n) is 9.83. The van der Waals surface area contributed by atoms with Crippen LogP contribution >= 0.6 is 0 Å². The average Bonchev–Trinajstić information content (AvgIpc) is 2.96. The van der Waals surface area contributed by atoms with E-state index in [4.69, 9.17) is 9.72 Å². The molecule has 0 aliphatic carbocycles. The van der Waals surface area contributed by atoms with Crippen LogP contribution in [0.25, 0.3) is 10.8 Å². The number of hydrogen-bond acceptors (Lipinski definition) is 8. The molecule has 0 saturated heterocycles. The summed E-state index contributed by atoms with van der Waals surface area (Å²) in [4.78, 5) is 43.5. The van der Waals surface area contributed by atoms with E-state index in [2.05, 4.69) is 23.6 Å². The van der Waals surface area contributed by atoms with Gasteiger partial charge in [-0.15, -0.1) is 0 Å². The molecule has 3 aromatic carbocycles. The number of nitrogens with zero attached hydrogens (tertiary/aromatic N) is 2. The molecular weight excluding hydrogens is 508 g/mol. The van der Waals surface area contributed by atoms with Crippen LogP contribution in [0.1, 0.15) is 44.9 Å². The lowest BCUT2D eigenvalue weighted by molar-refractivity contribution is -0.137. The number of carboxylic acid groups (broad SMARTS) is 1. The smallest absolute Gasteiger partial charge is 0.326 e. The number of ether oxygens (including phenoxy) is 1. The van der Waals surface area contributed by atoms with Crippen LogP contribution in [0, 0.1) is 0 Å². The second kappa shape index (κ2) is 12.6. The minimum atomic E-state index is -1.10. The number of aryl methyl sites for hydroxylation is 1. The van der Waals surface area contributed by atoms with Crippen molar-refractivity contribution in [2.45, 2.75) is 52.5 Å². The summed E-state index contributed by atoms with van der Waals surface area (Å²) in [5.41, 5.74) is 1.70. The molecule has 0 radical (unpaired) electrons. The maximum Gasteiger partial charge on any atom is 0.326 e. The molecule has 1 heterocycles. The number of carboxylic acids is 1. The Labute approximate surface area is 233 Å².